The van der Waals surface area contributed by atoms with Gasteiger partial charge < -0.3 is 9.72 Å². The Kier molecular flexibility index (Phi) is 6.25. The number of carbonyl (C=O) groups is 1. The highest BCUT2D eigenvalue weighted by molar-refractivity contribution is 7.99. The van der Waals surface area contributed by atoms with Crippen molar-refractivity contribution in [2.45, 2.75) is 31.5 Å². The molecule has 8 nitrogen and oxygen atoms in total. The largest absolute Gasteiger partial charge is 0.377 e. The van der Waals surface area contributed by atoms with Gasteiger partial charge in [0.05, 0.1) is 11.4 Å². The van der Waals surface area contributed by atoms with Crippen LogP contribution in [0.3, 0.4) is 0 Å². The molecule has 124 valence electrons. The van der Waals surface area contributed by atoms with Crippen molar-refractivity contribution < 1.29 is 9.53 Å². The Labute approximate surface area is 141 Å². The number of aromatic nitrogens is 4. The summed E-state index contributed by atoms with van der Waals surface area (Å²) in [6.07, 6.45) is 0. The molecule has 10 heteroatoms. The summed E-state index contributed by atoms with van der Waals surface area (Å²) in [6, 6.07) is 1.47. The zero-order valence-corrected chi connectivity index (χ0v) is 14.6. The van der Waals surface area contributed by atoms with Gasteiger partial charge >= 0.3 is 0 Å². The van der Waals surface area contributed by atoms with Gasteiger partial charge in [-0.2, -0.15) is 0 Å². The average Bonchev–Trinajstić information content (AvgIpc) is 2.92. The number of amides is 1. The maximum atomic E-state index is 11.9. The summed E-state index contributed by atoms with van der Waals surface area (Å²) in [6.45, 7) is 4.27. The topological polar surface area (TPSA) is 110 Å². The molecule has 0 fully saturated rings. The highest BCUT2D eigenvalue weighted by Gasteiger charge is 2.11. The van der Waals surface area contributed by atoms with Crippen LogP contribution in [0.2, 0.25) is 0 Å². The van der Waals surface area contributed by atoms with Crippen LogP contribution in [0.1, 0.15) is 30.5 Å². The fraction of sp³-hybridized carbons (Fsp3) is 0.462. The molecule has 0 saturated carbocycles. The second kappa shape index (κ2) is 8.18. The van der Waals surface area contributed by atoms with Crippen LogP contribution in [0.4, 0.5) is 5.13 Å². The monoisotopic (exact) mass is 355 g/mol. The van der Waals surface area contributed by atoms with Crippen molar-refractivity contribution in [2.75, 3.05) is 18.2 Å². The van der Waals surface area contributed by atoms with Crippen molar-refractivity contribution in [3.63, 3.8) is 0 Å². The van der Waals surface area contributed by atoms with Gasteiger partial charge in [0.1, 0.15) is 11.6 Å². The van der Waals surface area contributed by atoms with E-state index in [4.69, 9.17) is 4.74 Å². The molecule has 2 N–H and O–H groups in total. The van der Waals surface area contributed by atoms with Crippen LogP contribution < -0.4 is 10.9 Å². The van der Waals surface area contributed by atoms with Crippen LogP contribution in [-0.4, -0.2) is 38.9 Å². The first kappa shape index (κ1) is 17.6. The Morgan fingerprint density at radius 1 is 1.48 bits per heavy atom. The number of hydrogen-bond acceptors (Lipinski definition) is 8. The molecular formula is C13H17N5O3S2. The number of aromatic amines is 1. The third-order valence-corrected chi connectivity index (χ3v) is 4.34. The van der Waals surface area contributed by atoms with Crippen LogP contribution in [0.5, 0.6) is 0 Å². The van der Waals surface area contributed by atoms with E-state index < -0.39 is 0 Å². The normalized spacial score (nSPS) is 11.0. The number of H-pyrrole nitrogens is 1. The van der Waals surface area contributed by atoms with E-state index in [1.165, 1.54) is 17.4 Å². The molecule has 0 aliphatic rings. The Bertz CT molecular complexity index is 728. The van der Waals surface area contributed by atoms with E-state index in [9.17, 15) is 9.59 Å². The van der Waals surface area contributed by atoms with E-state index in [2.05, 4.69) is 25.5 Å². The first-order valence-electron chi connectivity index (χ1n) is 6.83. The van der Waals surface area contributed by atoms with Crippen LogP contribution in [-0.2, 0) is 16.1 Å². The van der Waals surface area contributed by atoms with Crippen LogP contribution in [0.15, 0.2) is 16.0 Å². The van der Waals surface area contributed by atoms with Crippen molar-refractivity contribution in [1.82, 2.24) is 20.2 Å². The maximum absolute atomic E-state index is 11.9. The molecular weight excluding hydrogens is 338 g/mol. The molecule has 0 atom stereocenters. The predicted octanol–water partition coefficient (Wildman–Crippen LogP) is 1.62. The molecule has 0 spiro atoms. The van der Waals surface area contributed by atoms with Gasteiger partial charge in [0.15, 0.2) is 5.16 Å². The lowest BCUT2D eigenvalue weighted by molar-refractivity contribution is -0.113. The molecule has 0 aliphatic heterocycles. The van der Waals surface area contributed by atoms with E-state index in [0.29, 0.717) is 27.6 Å². The van der Waals surface area contributed by atoms with Crippen molar-refractivity contribution in [3.8, 4) is 0 Å². The highest BCUT2D eigenvalue weighted by atomic mass is 32.2. The summed E-state index contributed by atoms with van der Waals surface area (Å²) < 4.78 is 4.94. The van der Waals surface area contributed by atoms with Gasteiger partial charge in [-0.25, -0.2) is 4.98 Å². The molecule has 0 radical (unpaired) electrons. The number of nitrogens with zero attached hydrogens (tertiary/aromatic N) is 3. The fourth-order valence-electron chi connectivity index (χ4n) is 1.59. The van der Waals surface area contributed by atoms with Gasteiger partial charge in [0, 0.05) is 13.2 Å². The van der Waals surface area contributed by atoms with Gasteiger partial charge in [-0.15, -0.1) is 10.2 Å². The number of anilines is 1. The first-order valence-corrected chi connectivity index (χ1v) is 8.63. The fourth-order valence-corrected chi connectivity index (χ4v) is 3.00. The second-order valence-electron chi connectivity index (χ2n) is 4.90. The molecule has 1 amide bonds. The lowest BCUT2D eigenvalue weighted by Gasteiger charge is -2.06. The second-order valence-corrected chi connectivity index (χ2v) is 6.93. The van der Waals surface area contributed by atoms with E-state index in [-0.39, 0.29) is 23.1 Å². The Balaban J connectivity index is 1.92. The number of methoxy groups -OCH3 is 1. The summed E-state index contributed by atoms with van der Waals surface area (Å²) in [5.41, 5.74) is 0.477. The molecule has 2 aromatic heterocycles. The number of hydrogen-bond donors (Lipinski definition) is 2. The quantitative estimate of drug-likeness (QED) is 0.573. The van der Waals surface area contributed by atoms with Gasteiger partial charge in [-0.05, 0) is 5.92 Å². The van der Waals surface area contributed by atoms with Crippen molar-refractivity contribution >= 4 is 34.1 Å². The Morgan fingerprint density at radius 2 is 2.26 bits per heavy atom. The van der Waals surface area contributed by atoms with E-state index in [0.717, 1.165) is 11.8 Å². The predicted molar refractivity (Wildman–Crippen MR) is 88.9 cm³/mol. The van der Waals surface area contributed by atoms with Crippen LogP contribution in [0.25, 0.3) is 0 Å². The summed E-state index contributed by atoms with van der Waals surface area (Å²) in [5, 5.41) is 11.9. The highest BCUT2D eigenvalue weighted by Crippen LogP contribution is 2.18. The molecule has 0 unspecified atom stereocenters. The molecule has 2 heterocycles. The molecule has 23 heavy (non-hydrogen) atoms. The van der Waals surface area contributed by atoms with Gasteiger partial charge in [0.25, 0.3) is 5.56 Å². The minimum absolute atomic E-state index is 0.115. The number of thioether (sulfide) groups is 1. The van der Waals surface area contributed by atoms with Gasteiger partial charge in [0.2, 0.25) is 11.0 Å². The van der Waals surface area contributed by atoms with Crippen molar-refractivity contribution in [2.24, 2.45) is 0 Å². The van der Waals surface area contributed by atoms with Gasteiger partial charge in [-0.1, -0.05) is 36.9 Å². The number of carbonyl (C=O) groups excluding carboxylic acids is 1. The summed E-state index contributed by atoms with van der Waals surface area (Å²) >= 11 is 2.42. The molecule has 0 aliphatic carbocycles. The van der Waals surface area contributed by atoms with E-state index >= 15 is 0 Å². The van der Waals surface area contributed by atoms with Crippen LogP contribution >= 0.6 is 23.1 Å². The molecule has 2 aromatic rings. The lowest BCUT2D eigenvalue weighted by Crippen LogP contribution is -2.16. The Morgan fingerprint density at radius 3 is 2.96 bits per heavy atom. The van der Waals surface area contributed by atoms with Crippen molar-refractivity contribution in [1.29, 1.82) is 0 Å². The number of nitrogens with one attached hydrogen (secondary N) is 2. The third-order valence-electron chi connectivity index (χ3n) is 2.65. The summed E-state index contributed by atoms with van der Waals surface area (Å²) in [7, 11) is 1.56. The minimum atomic E-state index is -0.243. The molecule has 0 saturated heterocycles. The lowest BCUT2D eigenvalue weighted by atomic mass is 10.1. The smallest absolute Gasteiger partial charge is 0.251 e. The van der Waals surface area contributed by atoms with E-state index in [1.807, 2.05) is 13.8 Å². The molecule has 2 rings (SSSR count). The summed E-state index contributed by atoms with van der Waals surface area (Å²) in [5.74, 6) is 0.0164. The van der Waals surface area contributed by atoms with E-state index in [1.54, 1.807) is 7.11 Å². The maximum Gasteiger partial charge on any atom is 0.251 e. The van der Waals surface area contributed by atoms with Gasteiger partial charge in [-0.3, -0.25) is 14.9 Å². The molecule has 0 bridgehead atoms. The first-order chi connectivity index (χ1) is 11.0. The summed E-state index contributed by atoms with van der Waals surface area (Å²) in [4.78, 5) is 30.4. The third kappa shape index (κ3) is 5.41. The van der Waals surface area contributed by atoms with Crippen molar-refractivity contribution in [3.05, 3.63) is 27.1 Å². The standard InChI is InChI=1S/C13H17N5O3S2/c1-7(2)8-4-9(19)15-12(14-8)22-6-10(20)16-13-18-17-11(23-13)5-21-3/h4,7H,5-6H2,1-3H3,(H,14,15,19)(H,16,18,20). The Hall–Kier alpha value is -1.78. The zero-order chi connectivity index (χ0) is 16.8. The number of rotatable bonds is 7. The minimum Gasteiger partial charge on any atom is -0.377 e. The number of ether oxygens (including phenoxy) is 1. The SMILES string of the molecule is COCc1nnc(NC(=O)CSc2nc(C(C)C)cc(=O)[nH]2)s1. The zero-order valence-electron chi connectivity index (χ0n) is 13.0. The average molecular weight is 355 g/mol. The molecule has 0 aromatic carbocycles. The van der Waals surface area contributed by atoms with Crippen LogP contribution in [0, 0.1) is 0 Å².